The molecular formula is C7H20N2O3. The molecular weight excluding hydrogens is 160 g/mol. The Bertz CT molecular complexity index is 83.1. The number of hydrogen-bond donors (Lipinski definition) is 4. The normalized spacial score (nSPS) is 12.2. The highest BCUT2D eigenvalue weighted by Gasteiger charge is 2.05. The van der Waals surface area contributed by atoms with Crippen molar-refractivity contribution in [2.24, 2.45) is 5.73 Å². The molecule has 0 saturated heterocycles. The van der Waals surface area contributed by atoms with Gasteiger partial charge in [-0.15, -0.1) is 0 Å². The zero-order valence-electron chi connectivity index (χ0n) is 7.77. The molecule has 12 heavy (non-hydrogen) atoms. The van der Waals surface area contributed by atoms with E-state index in [0.717, 1.165) is 0 Å². The Labute approximate surface area is 73.4 Å². The van der Waals surface area contributed by atoms with Crippen molar-refractivity contribution in [2.45, 2.75) is 13.1 Å². The lowest BCUT2D eigenvalue weighted by atomic mass is 10.4. The predicted molar refractivity (Wildman–Crippen MR) is 47.5 cm³/mol. The zero-order chi connectivity index (χ0) is 9.98. The van der Waals surface area contributed by atoms with Gasteiger partial charge in [-0.3, -0.25) is 4.90 Å². The van der Waals surface area contributed by atoms with Crippen LogP contribution in [0.3, 0.4) is 0 Å². The van der Waals surface area contributed by atoms with E-state index in [9.17, 15) is 0 Å². The summed E-state index contributed by atoms with van der Waals surface area (Å²) in [7, 11) is 1.75. The molecule has 5 heteroatoms. The van der Waals surface area contributed by atoms with Crippen molar-refractivity contribution in [1.82, 2.24) is 4.90 Å². The summed E-state index contributed by atoms with van der Waals surface area (Å²) in [6.07, 6.45) is -0.350. The molecule has 0 rings (SSSR count). The van der Waals surface area contributed by atoms with Crippen molar-refractivity contribution >= 4 is 0 Å². The molecule has 0 aliphatic heterocycles. The molecule has 0 heterocycles. The van der Waals surface area contributed by atoms with Crippen LogP contribution in [0.1, 0.15) is 6.92 Å². The van der Waals surface area contributed by atoms with Crippen molar-refractivity contribution in [3.63, 3.8) is 0 Å². The van der Waals surface area contributed by atoms with E-state index < -0.39 is 0 Å². The smallest absolute Gasteiger partial charge is 0.0808 e. The predicted octanol–water partition coefficient (Wildman–Crippen LogP) is -1.81. The Morgan fingerprint density at radius 3 is 2.00 bits per heavy atom. The molecule has 0 aromatic carbocycles. The molecule has 76 valence electrons. The van der Waals surface area contributed by atoms with Crippen molar-refractivity contribution in [3.8, 4) is 0 Å². The minimum atomic E-state index is -0.350. The van der Waals surface area contributed by atoms with E-state index >= 15 is 0 Å². The molecule has 1 unspecified atom stereocenters. The van der Waals surface area contributed by atoms with Gasteiger partial charge >= 0.3 is 0 Å². The molecule has 0 aromatic heterocycles. The third kappa shape index (κ3) is 9.80. The topological polar surface area (TPSA) is 90.0 Å². The lowest BCUT2D eigenvalue weighted by Crippen LogP contribution is -2.43. The van der Waals surface area contributed by atoms with Crippen molar-refractivity contribution in [1.29, 1.82) is 0 Å². The van der Waals surface area contributed by atoms with Crippen LogP contribution >= 0.6 is 0 Å². The Kier molecular flexibility index (Phi) is 12.9. The lowest BCUT2D eigenvalue weighted by Gasteiger charge is -2.20. The molecule has 0 saturated carbocycles. The molecule has 0 fully saturated rings. The fourth-order valence-corrected chi connectivity index (χ4v) is 0.463. The van der Waals surface area contributed by atoms with Gasteiger partial charge in [-0.05, 0) is 14.0 Å². The summed E-state index contributed by atoms with van der Waals surface area (Å²) in [6.45, 7) is 2.43. The van der Waals surface area contributed by atoms with Crippen molar-refractivity contribution < 1.29 is 15.3 Å². The summed E-state index contributed by atoms with van der Waals surface area (Å²) in [5, 5.41) is 24.5. The summed E-state index contributed by atoms with van der Waals surface area (Å²) in [5.41, 5.74) is 5.37. The van der Waals surface area contributed by atoms with Gasteiger partial charge in [0, 0.05) is 13.2 Å². The molecule has 0 aromatic rings. The molecule has 0 radical (unpaired) electrons. The quantitative estimate of drug-likeness (QED) is 0.383. The second-order valence-corrected chi connectivity index (χ2v) is 2.27. The van der Waals surface area contributed by atoms with Crippen molar-refractivity contribution in [2.75, 3.05) is 33.4 Å². The molecule has 1 atom stereocenters. The van der Waals surface area contributed by atoms with Gasteiger partial charge in [-0.1, -0.05) is 0 Å². The van der Waals surface area contributed by atoms with Gasteiger partial charge in [0.2, 0.25) is 0 Å². The monoisotopic (exact) mass is 180 g/mol. The summed E-state index contributed by atoms with van der Waals surface area (Å²) in [5.74, 6) is 0. The van der Waals surface area contributed by atoms with Crippen LogP contribution in [0.2, 0.25) is 0 Å². The number of nitrogens with zero attached hydrogens (tertiary/aromatic N) is 1. The van der Waals surface area contributed by atoms with Gasteiger partial charge in [0.1, 0.15) is 0 Å². The van der Waals surface area contributed by atoms with Gasteiger partial charge in [-0.25, -0.2) is 0 Å². The van der Waals surface area contributed by atoms with Crippen LogP contribution in [-0.4, -0.2) is 59.8 Å². The molecule has 0 amide bonds. The fraction of sp³-hybridized carbons (Fsp3) is 1.00. The van der Waals surface area contributed by atoms with Crippen molar-refractivity contribution in [3.05, 3.63) is 0 Å². The van der Waals surface area contributed by atoms with Crippen LogP contribution < -0.4 is 5.73 Å². The van der Waals surface area contributed by atoms with E-state index in [0.29, 0.717) is 6.54 Å². The SMILES string of the molecule is CCO.CN(CCO)C(N)CO. The maximum absolute atomic E-state index is 8.48. The standard InChI is InChI=1S/C5H14N2O2.C2H6O/c1-7(2-3-8)5(6)4-9;1-2-3/h5,8-9H,2-4,6H2,1H3;3H,2H2,1H3. The first-order valence-corrected chi connectivity index (χ1v) is 3.92. The summed E-state index contributed by atoms with van der Waals surface area (Å²) < 4.78 is 0. The van der Waals surface area contributed by atoms with Gasteiger partial charge < -0.3 is 21.1 Å². The Morgan fingerprint density at radius 2 is 1.75 bits per heavy atom. The molecule has 0 spiro atoms. The van der Waals surface area contributed by atoms with Crippen LogP contribution in [0.15, 0.2) is 0 Å². The van der Waals surface area contributed by atoms with Gasteiger partial charge in [-0.2, -0.15) is 0 Å². The highest BCUT2D eigenvalue weighted by molar-refractivity contribution is 4.57. The summed E-state index contributed by atoms with van der Waals surface area (Å²) in [4.78, 5) is 1.68. The van der Waals surface area contributed by atoms with E-state index in [1.807, 2.05) is 0 Å². The van der Waals surface area contributed by atoms with E-state index in [1.165, 1.54) is 0 Å². The van der Waals surface area contributed by atoms with E-state index in [1.54, 1.807) is 18.9 Å². The maximum Gasteiger partial charge on any atom is 0.0808 e. The number of likely N-dealkylation sites (N-methyl/N-ethyl adjacent to an activating group) is 1. The second-order valence-electron chi connectivity index (χ2n) is 2.27. The van der Waals surface area contributed by atoms with Crippen LogP contribution in [0.5, 0.6) is 0 Å². The zero-order valence-corrected chi connectivity index (χ0v) is 7.77. The number of rotatable bonds is 4. The minimum Gasteiger partial charge on any atom is -0.397 e. The first-order chi connectivity index (χ1) is 5.63. The number of aliphatic hydroxyl groups excluding tert-OH is 3. The van der Waals surface area contributed by atoms with Gasteiger partial charge in [0.05, 0.1) is 19.4 Å². The average Bonchev–Trinajstić information content (AvgIpc) is 2.05. The average molecular weight is 180 g/mol. The third-order valence-corrected chi connectivity index (χ3v) is 1.21. The van der Waals surface area contributed by atoms with E-state index in [2.05, 4.69) is 0 Å². The lowest BCUT2D eigenvalue weighted by molar-refractivity contribution is 0.128. The first kappa shape index (κ1) is 14.3. The Morgan fingerprint density at radius 1 is 1.33 bits per heavy atom. The Balaban J connectivity index is 0. The van der Waals surface area contributed by atoms with E-state index in [4.69, 9.17) is 21.1 Å². The van der Waals surface area contributed by atoms with Gasteiger partial charge in [0.25, 0.3) is 0 Å². The number of nitrogens with two attached hydrogens (primary N) is 1. The molecule has 0 aliphatic rings. The summed E-state index contributed by atoms with van der Waals surface area (Å²) >= 11 is 0. The molecule has 5 nitrogen and oxygen atoms in total. The molecule has 0 bridgehead atoms. The van der Waals surface area contributed by atoms with Crippen LogP contribution in [0.4, 0.5) is 0 Å². The van der Waals surface area contributed by atoms with E-state index in [-0.39, 0.29) is 26.0 Å². The summed E-state index contributed by atoms with van der Waals surface area (Å²) in [6, 6.07) is 0. The van der Waals surface area contributed by atoms with Crippen LogP contribution in [-0.2, 0) is 0 Å². The maximum atomic E-state index is 8.48. The largest absolute Gasteiger partial charge is 0.397 e. The van der Waals surface area contributed by atoms with Crippen LogP contribution in [0.25, 0.3) is 0 Å². The Hall–Kier alpha value is -0.200. The minimum absolute atomic E-state index is 0.0729. The highest BCUT2D eigenvalue weighted by atomic mass is 16.3. The molecule has 5 N–H and O–H groups in total. The number of aliphatic hydroxyl groups is 3. The van der Waals surface area contributed by atoms with Crippen LogP contribution in [0, 0.1) is 0 Å². The molecule has 0 aliphatic carbocycles. The fourth-order valence-electron chi connectivity index (χ4n) is 0.463. The first-order valence-electron chi connectivity index (χ1n) is 3.92. The highest BCUT2D eigenvalue weighted by Crippen LogP contribution is 1.84. The number of hydrogen-bond acceptors (Lipinski definition) is 5. The van der Waals surface area contributed by atoms with Gasteiger partial charge in [0.15, 0.2) is 0 Å². The second kappa shape index (κ2) is 10.8. The third-order valence-electron chi connectivity index (χ3n) is 1.21.